The van der Waals surface area contributed by atoms with E-state index in [2.05, 4.69) is 0 Å². The fraction of sp³-hybridized carbons (Fsp3) is 1.00. The Hall–Kier alpha value is -0.200. The Morgan fingerprint density at radius 1 is 1.53 bits per heavy atom. The summed E-state index contributed by atoms with van der Waals surface area (Å²) in [6.07, 6.45) is -0.295. The molecular weight excluding hydrogens is 200 g/mol. The van der Waals surface area contributed by atoms with Gasteiger partial charge >= 0.3 is 0 Å². The monoisotopic (exact) mass is 220 g/mol. The van der Waals surface area contributed by atoms with Gasteiger partial charge in [-0.3, -0.25) is 0 Å². The van der Waals surface area contributed by atoms with Gasteiger partial charge in [-0.2, -0.15) is 0 Å². The van der Waals surface area contributed by atoms with E-state index in [9.17, 15) is 0 Å². The van der Waals surface area contributed by atoms with Crippen molar-refractivity contribution in [1.82, 2.24) is 0 Å². The van der Waals surface area contributed by atoms with Crippen LogP contribution in [0.5, 0.6) is 0 Å². The summed E-state index contributed by atoms with van der Waals surface area (Å²) in [7, 11) is 1.54. The first kappa shape index (κ1) is 12.9. The highest BCUT2D eigenvalue weighted by molar-refractivity contribution is 4.70. The largest absolute Gasteiger partial charge is 0.394 e. The van der Waals surface area contributed by atoms with Crippen molar-refractivity contribution < 1.29 is 24.1 Å². The lowest BCUT2D eigenvalue weighted by atomic mass is 10.4. The molecule has 0 aromatic heterocycles. The minimum atomic E-state index is -0.508. The maximum atomic E-state index is 8.84. The molecule has 1 saturated heterocycles. The van der Waals surface area contributed by atoms with Crippen LogP contribution < -0.4 is 0 Å². The van der Waals surface area contributed by atoms with E-state index < -0.39 is 5.79 Å². The second kappa shape index (κ2) is 5.77. The zero-order valence-corrected chi connectivity index (χ0v) is 9.56. The van der Waals surface area contributed by atoms with Crippen molar-refractivity contribution in [3.63, 3.8) is 0 Å². The maximum absolute atomic E-state index is 8.84. The summed E-state index contributed by atoms with van der Waals surface area (Å²) in [5.74, 6) is -0.508. The van der Waals surface area contributed by atoms with Crippen molar-refractivity contribution in [1.29, 1.82) is 0 Å². The van der Waals surface area contributed by atoms with Crippen LogP contribution in [0.3, 0.4) is 0 Å². The smallest absolute Gasteiger partial charge is 0.163 e. The fourth-order valence-corrected chi connectivity index (χ4v) is 1.37. The SMILES string of the molecule is COC(CO)COCC1COC(C)(C)O1. The molecule has 1 fully saturated rings. The average molecular weight is 220 g/mol. The lowest BCUT2D eigenvalue weighted by molar-refractivity contribution is -0.147. The summed E-state index contributed by atoms with van der Waals surface area (Å²) in [5, 5.41) is 8.84. The first-order chi connectivity index (χ1) is 7.07. The average Bonchev–Trinajstić information content (AvgIpc) is 2.53. The molecule has 1 N–H and O–H groups in total. The number of hydrogen-bond donors (Lipinski definition) is 1. The summed E-state index contributed by atoms with van der Waals surface area (Å²) in [6.45, 7) is 5.09. The molecule has 1 rings (SSSR count). The van der Waals surface area contributed by atoms with Gasteiger partial charge < -0.3 is 24.1 Å². The molecule has 0 aromatic carbocycles. The van der Waals surface area contributed by atoms with Crippen LogP contribution in [-0.2, 0) is 18.9 Å². The zero-order valence-electron chi connectivity index (χ0n) is 9.56. The number of hydrogen-bond acceptors (Lipinski definition) is 5. The summed E-state index contributed by atoms with van der Waals surface area (Å²) < 4.78 is 21.3. The Labute approximate surface area is 90.3 Å². The van der Waals surface area contributed by atoms with Gasteiger partial charge in [0.2, 0.25) is 0 Å². The Balaban J connectivity index is 2.11. The van der Waals surface area contributed by atoms with E-state index >= 15 is 0 Å². The number of ether oxygens (including phenoxy) is 4. The molecule has 1 aliphatic rings. The van der Waals surface area contributed by atoms with Crippen LogP contribution >= 0.6 is 0 Å². The second-order valence-corrected chi connectivity index (χ2v) is 4.03. The minimum Gasteiger partial charge on any atom is -0.394 e. The van der Waals surface area contributed by atoms with Crippen molar-refractivity contribution in [3.8, 4) is 0 Å². The van der Waals surface area contributed by atoms with E-state index in [0.29, 0.717) is 19.8 Å². The second-order valence-electron chi connectivity index (χ2n) is 4.03. The lowest BCUT2D eigenvalue weighted by Gasteiger charge is -2.18. The first-order valence-electron chi connectivity index (χ1n) is 5.10. The molecule has 90 valence electrons. The lowest BCUT2D eigenvalue weighted by Crippen LogP contribution is -2.28. The third-order valence-corrected chi connectivity index (χ3v) is 2.21. The number of aliphatic hydroxyl groups excluding tert-OH is 1. The van der Waals surface area contributed by atoms with Crippen molar-refractivity contribution in [2.24, 2.45) is 0 Å². The molecule has 5 heteroatoms. The maximum Gasteiger partial charge on any atom is 0.163 e. The van der Waals surface area contributed by atoms with Gasteiger partial charge in [0, 0.05) is 7.11 Å². The third kappa shape index (κ3) is 4.44. The van der Waals surface area contributed by atoms with E-state index in [-0.39, 0.29) is 18.8 Å². The van der Waals surface area contributed by atoms with Crippen LogP contribution in [0.1, 0.15) is 13.8 Å². The molecule has 0 bridgehead atoms. The van der Waals surface area contributed by atoms with Gasteiger partial charge in [-0.25, -0.2) is 0 Å². The standard InChI is InChI=1S/C10H20O5/c1-10(2)14-7-9(15-10)6-13-5-8(4-11)12-3/h8-9,11H,4-7H2,1-3H3. The van der Waals surface area contributed by atoms with Crippen LogP contribution in [-0.4, -0.2) is 56.6 Å². The predicted octanol–water partition coefficient (Wildman–Crippen LogP) is 0.162. The van der Waals surface area contributed by atoms with Crippen molar-refractivity contribution in [2.45, 2.75) is 31.8 Å². The molecule has 5 nitrogen and oxygen atoms in total. The van der Waals surface area contributed by atoms with Gasteiger partial charge in [-0.1, -0.05) is 0 Å². The quantitative estimate of drug-likeness (QED) is 0.691. The molecule has 1 aliphatic heterocycles. The third-order valence-electron chi connectivity index (χ3n) is 2.21. The van der Waals surface area contributed by atoms with E-state index in [1.54, 1.807) is 7.11 Å². The van der Waals surface area contributed by atoms with E-state index in [4.69, 9.17) is 24.1 Å². The number of methoxy groups -OCH3 is 1. The molecule has 0 aliphatic carbocycles. The molecule has 0 saturated carbocycles. The molecule has 15 heavy (non-hydrogen) atoms. The van der Waals surface area contributed by atoms with Crippen LogP contribution in [0.25, 0.3) is 0 Å². The van der Waals surface area contributed by atoms with Gasteiger partial charge in [0.25, 0.3) is 0 Å². The molecule has 2 unspecified atom stereocenters. The van der Waals surface area contributed by atoms with Crippen LogP contribution in [0.2, 0.25) is 0 Å². The molecule has 0 spiro atoms. The van der Waals surface area contributed by atoms with Crippen molar-refractivity contribution >= 4 is 0 Å². The van der Waals surface area contributed by atoms with Gasteiger partial charge in [-0.05, 0) is 13.8 Å². The summed E-state index contributed by atoms with van der Waals surface area (Å²) >= 11 is 0. The highest BCUT2D eigenvalue weighted by atomic mass is 16.7. The van der Waals surface area contributed by atoms with Crippen LogP contribution in [0.4, 0.5) is 0 Å². The topological polar surface area (TPSA) is 57.2 Å². The Kier molecular flexibility index (Phi) is 4.95. The molecule has 0 radical (unpaired) electrons. The normalized spacial score (nSPS) is 26.8. The molecule has 2 atom stereocenters. The molecule has 0 aromatic rings. The van der Waals surface area contributed by atoms with Crippen LogP contribution in [0, 0.1) is 0 Å². The number of rotatable bonds is 6. The highest BCUT2D eigenvalue weighted by Gasteiger charge is 2.32. The van der Waals surface area contributed by atoms with Crippen molar-refractivity contribution in [3.05, 3.63) is 0 Å². The summed E-state index contributed by atoms with van der Waals surface area (Å²) in [6, 6.07) is 0. The Morgan fingerprint density at radius 3 is 2.73 bits per heavy atom. The fourth-order valence-electron chi connectivity index (χ4n) is 1.37. The van der Waals surface area contributed by atoms with Gasteiger partial charge in [-0.15, -0.1) is 0 Å². The summed E-state index contributed by atoms with van der Waals surface area (Å²) in [4.78, 5) is 0. The highest BCUT2D eigenvalue weighted by Crippen LogP contribution is 2.22. The zero-order chi connectivity index (χ0) is 11.3. The van der Waals surface area contributed by atoms with Gasteiger partial charge in [0.15, 0.2) is 5.79 Å². The predicted molar refractivity (Wildman–Crippen MR) is 53.6 cm³/mol. The van der Waals surface area contributed by atoms with Gasteiger partial charge in [0.05, 0.1) is 26.4 Å². The Morgan fingerprint density at radius 2 is 2.27 bits per heavy atom. The Bertz CT molecular complexity index is 179. The number of aliphatic hydroxyl groups is 1. The summed E-state index contributed by atoms with van der Waals surface area (Å²) in [5.41, 5.74) is 0. The van der Waals surface area contributed by atoms with E-state index in [0.717, 1.165) is 0 Å². The van der Waals surface area contributed by atoms with Crippen molar-refractivity contribution in [2.75, 3.05) is 33.5 Å². The molecular formula is C10H20O5. The molecule has 0 amide bonds. The first-order valence-corrected chi connectivity index (χ1v) is 5.10. The van der Waals surface area contributed by atoms with E-state index in [1.807, 2.05) is 13.8 Å². The van der Waals surface area contributed by atoms with E-state index in [1.165, 1.54) is 0 Å². The minimum absolute atomic E-state index is 0.0313. The van der Waals surface area contributed by atoms with Crippen LogP contribution in [0.15, 0.2) is 0 Å². The van der Waals surface area contributed by atoms with Gasteiger partial charge in [0.1, 0.15) is 12.2 Å². The molecule has 1 heterocycles.